The van der Waals surface area contributed by atoms with E-state index in [1.54, 1.807) is 16.8 Å². The van der Waals surface area contributed by atoms with E-state index in [0.717, 1.165) is 10.4 Å². The van der Waals surface area contributed by atoms with Crippen molar-refractivity contribution in [3.05, 3.63) is 18.6 Å². The summed E-state index contributed by atoms with van der Waals surface area (Å²) >= 11 is 1.44. The summed E-state index contributed by atoms with van der Waals surface area (Å²) in [5.74, 6) is 0. The highest BCUT2D eigenvalue weighted by Crippen LogP contribution is 2.39. The second-order valence-electron chi connectivity index (χ2n) is 5.18. The number of hydrogen-bond donors (Lipinski definition) is 4. The number of rotatable bonds is 5. The van der Waals surface area contributed by atoms with E-state index in [0.29, 0.717) is 5.65 Å². The van der Waals surface area contributed by atoms with Gasteiger partial charge in [0, 0.05) is 6.20 Å². The van der Waals surface area contributed by atoms with E-state index in [-0.39, 0.29) is 0 Å². The Morgan fingerprint density at radius 3 is 2.79 bits per heavy atom. The maximum absolute atomic E-state index is 10.8. The van der Waals surface area contributed by atoms with Crippen molar-refractivity contribution in [1.82, 2.24) is 14.5 Å². The Morgan fingerprint density at radius 2 is 2.12 bits per heavy atom. The van der Waals surface area contributed by atoms with Gasteiger partial charge < -0.3 is 29.3 Å². The molecule has 0 saturated carbocycles. The van der Waals surface area contributed by atoms with Crippen LogP contribution in [0.25, 0.3) is 11.0 Å². The van der Waals surface area contributed by atoms with Crippen LogP contribution in [0.5, 0.6) is 0 Å². The molecule has 0 bridgehead atoms. The first-order valence-electron chi connectivity index (χ1n) is 6.89. The number of ether oxygens (including phenoxy) is 1. The van der Waals surface area contributed by atoms with Crippen molar-refractivity contribution in [3.8, 4) is 0 Å². The van der Waals surface area contributed by atoms with Crippen LogP contribution in [0.15, 0.2) is 23.6 Å². The summed E-state index contributed by atoms with van der Waals surface area (Å²) < 4.78 is 22.2. The largest absolute Gasteiger partial charge is 0.469 e. The Kier molecular flexibility index (Phi) is 4.96. The van der Waals surface area contributed by atoms with Crippen LogP contribution >= 0.6 is 19.6 Å². The molecule has 4 atom stereocenters. The molecule has 0 aromatic carbocycles. The summed E-state index contributed by atoms with van der Waals surface area (Å²) in [4.78, 5) is 25.8. The van der Waals surface area contributed by atoms with Crippen LogP contribution in [0.1, 0.15) is 6.23 Å². The number of phosphoric ester groups is 1. The van der Waals surface area contributed by atoms with Crippen LogP contribution in [-0.4, -0.2) is 65.7 Å². The van der Waals surface area contributed by atoms with E-state index < -0.39 is 39.0 Å². The van der Waals surface area contributed by atoms with Crippen molar-refractivity contribution in [2.45, 2.75) is 29.6 Å². The van der Waals surface area contributed by atoms with Gasteiger partial charge in [-0.05, 0) is 12.3 Å². The molecular weight excluding hydrogens is 361 g/mol. The molecule has 0 radical (unpaired) electrons. The zero-order valence-corrected chi connectivity index (χ0v) is 14.2. The minimum Gasteiger partial charge on any atom is -0.387 e. The van der Waals surface area contributed by atoms with Crippen LogP contribution in [0.3, 0.4) is 0 Å². The Morgan fingerprint density at radius 1 is 1.38 bits per heavy atom. The smallest absolute Gasteiger partial charge is 0.387 e. The van der Waals surface area contributed by atoms with Crippen LogP contribution in [0, 0.1) is 0 Å². The standard InChI is InChI=1S/C12H16N3O7PS/c1-24-11-6-2-3-15(10(6)13-5-14-11)12-9(17)8(16)7(22-12)4-21-23(18,19)20/h2-3,5,7-9,12,16-17H,4H2,1H3,(H2,18,19,20)/t7-,8-,9-,12-/m1/s1. The molecule has 0 spiro atoms. The van der Waals surface area contributed by atoms with Gasteiger partial charge >= 0.3 is 7.82 Å². The number of fused-ring (bicyclic) bond motifs is 1. The first kappa shape index (κ1) is 17.8. The minimum atomic E-state index is -4.70. The number of aliphatic hydroxyl groups is 2. The van der Waals surface area contributed by atoms with Crippen molar-refractivity contribution in [2.24, 2.45) is 0 Å². The molecule has 1 fully saturated rings. The fourth-order valence-electron chi connectivity index (χ4n) is 2.58. The highest BCUT2D eigenvalue weighted by atomic mass is 32.2. The fraction of sp³-hybridized carbons (Fsp3) is 0.500. The van der Waals surface area contributed by atoms with Gasteiger partial charge in [0.2, 0.25) is 0 Å². The van der Waals surface area contributed by atoms with Gasteiger partial charge in [-0.1, -0.05) is 0 Å². The lowest BCUT2D eigenvalue weighted by Gasteiger charge is -2.17. The van der Waals surface area contributed by atoms with E-state index in [4.69, 9.17) is 14.5 Å². The molecule has 3 rings (SSSR count). The SMILES string of the molecule is CSc1ncnc2c1ccn2[C@@H]1O[C@H](COP(=O)(O)O)[C@@H](O)[C@H]1O. The molecule has 2 aromatic heterocycles. The van der Waals surface area contributed by atoms with E-state index >= 15 is 0 Å². The molecule has 2 aromatic rings. The Balaban J connectivity index is 1.86. The molecular formula is C12H16N3O7PS. The second-order valence-corrected chi connectivity index (χ2v) is 7.21. The summed E-state index contributed by atoms with van der Waals surface area (Å²) in [6, 6.07) is 1.77. The molecule has 1 aliphatic heterocycles. The number of aromatic nitrogens is 3. The van der Waals surface area contributed by atoms with E-state index in [1.165, 1.54) is 18.1 Å². The van der Waals surface area contributed by atoms with Gasteiger partial charge in [-0.3, -0.25) is 4.52 Å². The Labute approximate surface area is 140 Å². The average molecular weight is 377 g/mol. The highest BCUT2D eigenvalue weighted by molar-refractivity contribution is 7.98. The second kappa shape index (κ2) is 6.70. The summed E-state index contributed by atoms with van der Waals surface area (Å²) in [5.41, 5.74) is 0.516. The molecule has 0 aliphatic carbocycles. The minimum absolute atomic E-state index is 0.516. The fourth-order valence-corrected chi connectivity index (χ4v) is 3.46. The van der Waals surface area contributed by atoms with Crippen LogP contribution in [0.2, 0.25) is 0 Å². The van der Waals surface area contributed by atoms with Gasteiger partial charge in [-0.25, -0.2) is 14.5 Å². The van der Waals surface area contributed by atoms with E-state index in [2.05, 4.69) is 14.5 Å². The van der Waals surface area contributed by atoms with Crippen LogP contribution in [-0.2, 0) is 13.8 Å². The van der Waals surface area contributed by atoms with Gasteiger partial charge in [0.05, 0.1) is 12.0 Å². The van der Waals surface area contributed by atoms with Crippen molar-refractivity contribution in [2.75, 3.05) is 12.9 Å². The molecule has 1 aliphatic rings. The monoisotopic (exact) mass is 377 g/mol. The molecule has 4 N–H and O–H groups in total. The van der Waals surface area contributed by atoms with Crippen LogP contribution < -0.4 is 0 Å². The average Bonchev–Trinajstić information content (AvgIpc) is 3.07. The first-order chi connectivity index (χ1) is 11.3. The molecule has 3 heterocycles. The number of thioether (sulfide) groups is 1. The third-order valence-corrected chi connectivity index (χ3v) is 4.88. The normalized spacial score (nSPS) is 27.9. The van der Waals surface area contributed by atoms with Gasteiger partial charge in [-0.15, -0.1) is 11.8 Å². The maximum atomic E-state index is 10.8. The number of aliphatic hydroxyl groups excluding tert-OH is 2. The maximum Gasteiger partial charge on any atom is 0.469 e. The molecule has 10 nitrogen and oxygen atoms in total. The number of phosphoric acid groups is 1. The lowest BCUT2D eigenvalue weighted by atomic mass is 10.1. The van der Waals surface area contributed by atoms with Crippen molar-refractivity contribution in [3.63, 3.8) is 0 Å². The van der Waals surface area contributed by atoms with E-state index in [9.17, 15) is 14.8 Å². The third kappa shape index (κ3) is 3.35. The van der Waals surface area contributed by atoms with Crippen LogP contribution in [0.4, 0.5) is 0 Å². The topological polar surface area (TPSA) is 147 Å². The predicted molar refractivity (Wildman–Crippen MR) is 83.2 cm³/mol. The highest BCUT2D eigenvalue weighted by Gasteiger charge is 2.44. The van der Waals surface area contributed by atoms with Gasteiger partial charge in [0.25, 0.3) is 0 Å². The molecule has 132 valence electrons. The van der Waals surface area contributed by atoms with E-state index in [1.807, 2.05) is 6.26 Å². The zero-order chi connectivity index (χ0) is 17.5. The lowest BCUT2D eigenvalue weighted by Crippen LogP contribution is -2.33. The molecule has 12 heteroatoms. The quantitative estimate of drug-likeness (QED) is 0.316. The van der Waals surface area contributed by atoms with Crippen molar-refractivity contribution < 1.29 is 33.8 Å². The van der Waals surface area contributed by atoms with Crippen molar-refractivity contribution >= 4 is 30.6 Å². The molecule has 1 saturated heterocycles. The Bertz CT molecular complexity index is 781. The summed E-state index contributed by atoms with van der Waals surface area (Å²) in [5, 5.41) is 21.8. The lowest BCUT2D eigenvalue weighted by molar-refractivity contribution is -0.0501. The number of hydrogen-bond acceptors (Lipinski definition) is 8. The summed E-state index contributed by atoms with van der Waals surface area (Å²) in [6.07, 6.45) is 0.186. The zero-order valence-electron chi connectivity index (χ0n) is 12.5. The van der Waals surface area contributed by atoms with Gasteiger partial charge in [0.15, 0.2) is 6.23 Å². The third-order valence-electron chi connectivity index (χ3n) is 3.68. The van der Waals surface area contributed by atoms with Gasteiger partial charge in [-0.2, -0.15) is 0 Å². The van der Waals surface area contributed by atoms with Gasteiger partial charge in [0.1, 0.15) is 35.3 Å². The van der Waals surface area contributed by atoms with Crippen molar-refractivity contribution in [1.29, 1.82) is 0 Å². The molecule has 0 amide bonds. The first-order valence-corrected chi connectivity index (χ1v) is 9.64. The Hall–Kier alpha value is -1.04. The summed E-state index contributed by atoms with van der Waals surface area (Å²) in [7, 11) is -4.70. The molecule has 24 heavy (non-hydrogen) atoms. The summed E-state index contributed by atoms with van der Waals surface area (Å²) in [6.45, 7) is -0.552. The number of nitrogens with zero attached hydrogens (tertiary/aromatic N) is 3. The predicted octanol–water partition coefficient (Wildman–Crippen LogP) is -0.118. The molecule has 0 unspecified atom stereocenters.